The number of nitrogens with one attached hydrogen (secondary N) is 1. The fourth-order valence-corrected chi connectivity index (χ4v) is 6.28. The summed E-state index contributed by atoms with van der Waals surface area (Å²) in [6.45, 7) is 2.79. The second-order valence-electron chi connectivity index (χ2n) is 8.06. The molecule has 2 amide bonds. The molecule has 1 aromatic heterocycles. The summed E-state index contributed by atoms with van der Waals surface area (Å²) in [5.41, 5.74) is 0.732. The summed E-state index contributed by atoms with van der Waals surface area (Å²) in [7, 11) is 0. The second-order valence-corrected chi connectivity index (χ2v) is 10.4. The topological polar surface area (TPSA) is 52.7 Å². The molecular weight excluding hydrogens is 498 g/mol. The minimum Gasteiger partial charge on any atom is -0.337 e. The Bertz CT molecular complexity index is 1150. The Morgan fingerprint density at radius 3 is 2.52 bits per heavy atom. The van der Waals surface area contributed by atoms with Gasteiger partial charge in [-0.3, -0.25) is 9.59 Å². The van der Waals surface area contributed by atoms with E-state index in [-0.39, 0.29) is 23.9 Å². The first-order valence-corrected chi connectivity index (χ1v) is 12.3. The zero-order chi connectivity index (χ0) is 21.5. The number of carbonyl (C=O) groups is 2. The van der Waals surface area contributed by atoms with Gasteiger partial charge in [0.2, 0.25) is 0 Å². The van der Waals surface area contributed by atoms with E-state index in [1.165, 1.54) is 11.3 Å². The van der Waals surface area contributed by atoms with Crippen LogP contribution in [0.1, 0.15) is 26.5 Å². The van der Waals surface area contributed by atoms with Crippen molar-refractivity contribution in [3.8, 4) is 0 Å². The predicted molar refractivity (Wildman–Crippen MR) is 128 cm³/mol. The largest absolute Gasteiger partial charge is 0.337 e. The van der Waals surface area contributed by atoms with Crippen LogP contribution in [-0.2, 0) is 0 Å². The van der Waals surface area contributed by atoms with E-state index in [0.29, 0.717) is 29.5 Å². The first-order chi connectivity index (χ1) is 15.0. The molecule has 1 atom stereocenters. The smallest absolute Gasteiger partial charge is 0.265 e. The maximum absolute atomic E-state index is 12.9. The van der Waals surface area contributed by atoms with Gasteiger partial charge in [0.15, 0.2) is 0 Å². The molecule has 0 bridgehead atoms. The highest BCUT2D eigenvalue weighted by molar-refractivity contribution is 9.10. The van der Waals surface area contributed by atoms with Crippen LogP contribution in [0.2, 0.25) is 5.02 Å². The zero-order valence-corrected chi connectivity index (χ0v) is 19.8. The zero-order valence-electron chi connectivity index (χ0n) is 16.7. The van der Waals surface area contributed by atoms with Gasteiger partial charge in [0.1, 0.15) is 4.88 Å². The second kappa shape index (κ2) is 8.54. The van der Waals surface area contributed by atoms with Crippen molar-refractivity contribution in [2.45, 2.75) is 18.5 Å². The molecule has 0 aliphatic carbocycles. The van der Waals surface area contributed by atoms with Gasteiger partial charge in [-0.1, -0.05) is 51.8 Å². The van der Waals surface area contributed by atoms with Crippen LogP contribution in [0.5, 0.6) is 0 Å². The predicted octanol–water partition coefficient (Wildman–Crippen LogP) is 4.65. The third-order valence-corrected chi connectivity index (χ3v) is 8.06. The van der Waals surface area contributed by atoms with Crippen LogP contribution in [0.15, 0.2) is 53.0 Å². The van der Waals surface area contributed by atoms with Crippen molar-refractivity contribution in [1.29, 1.82) is 0 Å². The molecule has 0 saturated carbocycles. The van der Waals surface area contributed by atoms with E-state index < -0.39 is 0 Å². The molecule has 0 unspecified atom stereocenters. The van der Waals surface area contributed by atoms with Gasteiger partial charge in [0.25, 0.3) is 11.8 Å². The van der Waals surface area contributed by atoms with Gasteiger partial charge < -0.3 is 15.1 Å². The highest BCUT2D eigenvalue weighted by Crippen LogP contribution is 2.38. The van der Waals surface area contributed by atoms with Gasteiger partial charge >= 0.3 is 0 Å². The van der Waals surface area contributed by atoms with Crippen molar-refractivity contribution < 1.29 is 9.59 Å². The van der Waals surface area contributed by atoms with E-state index in [0.717, 1.165) is 33.1 Å². The molecule has 3 aromatic rings. The van der Waals surface area contributed by atoms with Crippen LogP contribution < -0.4 is 5.32 Å². The minimum atomic E-state index is -0.00678. The van der Waals surface area contributed by atoms with E-state index in [2.05, 4.69) is 21.2 Å². The standard InChI is InChI=1S/C23H21BrClN3O2S/c24-15-6-7-18-19(10-15)31-21(20(18)25)23(30)28-12-17(13-28)26-16-8-9-27(11-16)22(29)14-4-2-1-3-5-14/h1-7,10,16-17,26H,8-9,11-13H2/t16-/m0/s1. The first kappa shape index (κ1) is 20.9. The third kappa shape index (κ3) is 4.12. The lowest BCUT2D eigenvalue weighted by Gasteiger charge is -2.41. The molecule has 1 N–H and O–H groups in total. The number of likely N-dealkylation sites (tertiary alicyclic amines) is 2. The van der Waals surface area contributed by atoms with E-state index in [1.807, 2.05) is 58.3 Å². The number of benzene rings is 2. The van der Waals surface area contributed by atoms with Crippen molar-refractivity contribution in [2.24, 2.45) is 0 Å². The van der Waals surface area contributed by atoms with E-state index in [9.17, 15) is 9.59 Å². The molecule has 8 heteroatoms. The van der Waals surface area contributed by atoms with Crippen molar-refractivity contribution in [2.75, 3.05) is 26.2 Å². The molecule has 0 radical (unpaired) electrons. The summed E-state index contributed by atoms with van der Waals surface area (Å²) in [6.07, 6.45) is 0.931. The van der Waals surface area contributed by atoms with Gasteiger partial charge in [0, 0.05) is 58.4 Å². The van der Waals surface area contributed by atoms with Crippen LogP contribution in [0.3, 0.4) is 0 Å². The Kier molecular flexibility index (Phi) is 5.77. The molecule has 0 spiro atoms. The van der Waals surface area contributed by atoms with Crippen molar-refractivity contribution >= 4 is 60.8 Å². The Morgan fingerprint density at radius 2 is 1.74 bits per heavy atom. The van der Waals surface area contributed by atoms with E-state index >= 15 is 0 Å². The molecule has 31 heavy (non-hydrogen) atoms. The average molecular weight is 519 g/mol. The van der Waals surface area contributed by atoms with Crippen LogP contribution in [0, 0.1) is 0 Å². The summed E-state index contributed by atoms with van der Waals surface area (Å²) in [5.74, 6) is 0.0778. The fraction of sp³-hybridized carbons (Fsp3) is 0.304. The molecule has 5 nitrogen and oxygen atoms in total. The molecule has 160 valence electrons. The van der Waals surface area contributed by atoms with E-state index in [4.69, 9.17) is 11.6 Å². The lowest BCUT2D eigenvalue weighted by molar-refractivity contribution is 0.0558. The third-order valence-electron chi connectivity index (χ3n) is 5.92. The number of nitrogens with zero attached hydrogens (tertiary/aromatic N) is 2. The molecule has 2 saturated heterocycles. The summed E-state index contributed by atoms with van der Waals surface area (Å²) in [5, 5.41) is 5.07. The SMILES string of the molecule is O=C(c1ccccc1)N1CC[C@H](NC2CN(C(=O)c3sc4cc(Br)ccc4c3Cl)C2)C1. The number of hydrogen-bond donors (Lipinski definition) is 1. The lowest BCUT2D eigenvalue weighted by Crippen LogP contribution is -2.62. The molecule has 2 aromatic carbocycles. The van der Waals surface area contributed by atoms with Crippen molar-refractivity contribution in [3.63, 3.8) is 0 Å². The molecule has 2 aliphatic rings. The number of carbonyl (C=O) groups excluding carboxylic acids is 2. The van der Waals surface area contributed by atoms with Gasteiger partial charge in [-0.05, 0) is 30.7 Å². The fourth-order valence-electron chi connectivity index (χ4n) is 4.25. The summed E-state index contributed by atoms with van der Waals surface area (Å²) >= 11 is 11.4. The molecule has 2 fully saturated rings. The average Bonchev–Trinajstić information content (AvgIpc) is 3.34. The van der Waals surface area contributed by atoms with Gasteiger partial charge in [-0.15, -0.1) is 11.3 Å². The van der Waals surface area contributed by atoms with Gasteiger partial charge in [0.05, 0.1) is 5.02 Å². The van der Waals surface area contributed by atoms with Crippen molar-refractivity contribution in [1.82, 2.24) is 15.1 Å². The Labute approximate surface area is 198 Å². The highest BCUT2D eigenvalue weighted by Gasteiger charge is 2.36. The number of amides is 2. The number of halogens is 2. The maximum atomic E-state index is 12.9. The first-order valence-electron chi connectivity index (χ1n) is 10.3. The number of fused-ring (bicyclic) bond motifs is 1. The quantitative estimate of drug-likeness (QED) is 0.547. The highest BCUT2D eigenvalue weighted by atomic mass is 79.9. The number of thiophene rings is 1. The van der Waals surface area contributed by atoms with Crippen LogP contribution in [0.25, 0.3) is 10.1 Å². The van der Waals surface area contributed by atoms with Crippen LogP contribution >= 0.6 is 38.9 Å². The maximum Gasteiger partial charge on any atom is 0.265 e. The summed E-state index contributed by atoms with van der Waals surface area (Å²) in [6, 6.07) is 15.8. The summed E-state index contributed by atoms with van der Waals surface area (Å²) < 4.78 is 1.98. The van der Waals surface area contributed by atoms with Gasteiger partial charge in [-0.25, -0.2) is 0 Å². The molecule has 2 aliphatic heterocycles. The number of hydrogen-bond acceptors (Lipinski definition) is 4. The number of rotatable bonds is 4. The van der Waals surface area contributed by atoms with E-state index in [1.54, 1.807) is 0 Å². The van der Waals surface area contributed by atoms with Crippen molar-refractivity contribution in [3.05, 3.63) is 68.5 Å². The van der Waals surface area contributed by atoms with Crippen LogP contribution in [0.4, 0.5) is 0 Å². The summed E-state index contributed by atoms with van der Waals surface area (Å²) in [4.78, 5) is 29.9. The normalized spacial score (nSPS) is 19.1. The Morgan fingerprint density at radius 1 is 1.00 bits per heavy atom. The van der Waals surface area contributed by atoms with Crippen LogP contribution in [-0.4, -0.2) is 59.9 Å². The Hall–Kier alpha value is -1.93. The van der Waals surface area contributed by atoms with Gasteiger partial charge in [-0.2, -0.15) is 0 Å². The molecule has 5 rings (SSSR count). The minimum absolute atomic E-state index is 0.00678. The molecule has 3 heterocycles. The monoisotopic (exact) mass is 517 g/mol. The Balaban J connectivity index is 1.15. The lowest BCUT2D eigenvalue weighted by atomic mass is 10.1. The molecular formula is C23H21BrClN3O2S.